The van der Waals surface area contributed by atoms with Gasteiger partial charge in [0, 0.05) is 38.0 Å². The topological polar surface area (TPSA) is 113 Å². The Bertz CT molecular complexity index is 1420. The van der Waals surface area contributed by atoms with E-state index in [2.05, 4.69) is 10.3 Å². The number of carbonyl (C=O) groups is 1. The molecular weight excluding hydrogens is 519 g/mol. The van der Waals surface area contributed by atoms with Crippen LogP contribution in [0.1, 0.15) is 42.1 Å². The lowest BCUT2D eigenvalue weighted by molar-refractivity contribution is 0.0964. The van der Waals surface area contributed by atoms with E-state index in [4.69, 9.17) is 4.42 Å². The molecule has 1 unspecified atom stereocenters. The molecule has 3 aromatic rings. The number of benzene rings is 1. The second-order valence-electron chi connectivity index (χ2n) is 8.92. The van der Waals surface area contributed by atoms with Gasteiger partial charge in [-0.25, -0.2) is 21.3 Å². The van der Waals surface area contributed by atoms with Gasteiger partial charge in [0.2, 0.25) is 15.7 Å². The van der Waals surface area contributed by atoms with E-state index in [1.807, 2.05) is 11.2 Å². The van der Waals surface area contributed by atoms with Crippen molar-refractivity contribution in [1.82, 2.24) is 14.6 Å². The van der Waals surface area contributed by atoms with E-state index < -0.39 is 32.7 Å². The molecule has 4 rings (SSSR count). The molecule has 200 valence electrons. The highest BCUT2D eigenvalue weighted by molar-refractivity contribution is 7.92. The van der Waals surface area contributed by atoms with Crippen LogP contribution in [0.15, 0.2) is 34.7 Å². The molecule has 1 aromatic carbocycles. The van der Waals surface area contributed by atoms with Crippen LogP contribution in [0.5, 0.6) is 0 Å². The third-order valence-electron chi connectivity index (χ3n) is 6.35. The Morgan fingerprint density at radius 2 is 2.00 bits per heavy atom. The van der Waals surface area contributed by atoms with Gasteiger partial charge in [-0.3, -0.25) is 9.10 Å². The van der Waals surface area contributed by atoms with Crippen molar-refractivity contribution < 1.29 is 26.2 Å². The number of hydrogen-bond acceptors (Lipinski definition) is 6. The quantitative estimate of drug-likeness (QED) is 0.437. The number of fused-ring (bicyclic) bond motifs is 1. The predicted octanol–water partition coefficient (Wildman–Crippen LogP) is 3.47. The number of amides is 1. The first-order valence-electron chi connectivity index (χ1n) is 12.2. The van der Waals surface area contributed by atoms with Crippen LogP contribution in [-0.4, -0.2) is 66.5 Å². The number of aromatic nitrogens is 1. The third-order valence-corrected chi connectivity index (χ3v) is 9.09. The maximum atomic E-state index is 13.5. The number of carbonyl (C=O) groups excluding carboxylic acids is 1. The molecule has 1 saturated heterocycles. The second-order valence-corrected chi connectivity index (χ2v) is 12.4. The van der Waals surface area contributed by atoms with Crippen molar-refractivity contribution in [2.24, 2.45) is 0 Å². The summed E-state index contributed by atoms with van der Waals surface area (Å²) in [5.41, 5.74) is 1.48. The molecule has 0 saturated carbocycles. The van der Waals surface area contributed by atoms with Crippen LogP contribution < -0.4 is 9.62 Å². The van der Waals surface area contributed by atoms with Gasteiger partial charge < -0.3 is 9.73 Å². The van der Waals surface area contributed by atoms with E-state index in [1.165, 1.54) is 35.6 Å². The zero-order valence-electron chi connectivity index (χ0n) is 21.1. The van der Waals surface area contributed by atoms with Gasteiger partial charge in [0.05, 0.1) is 28.2 Å². The monoisotopic (exact) mass is 550 g/mol. The number of nitrogens with zero attached hydrogens (tertiary/aromatic N) is 3. The zero-order chi connectivity index (χ0) is 26.7. The van der Waals surface area contributed by atoms with Gasteiger partial charge >= 0.3 is 0 Å². The molecule has 0 aliphatic carbocycles. The molecule has 0 radical (unpaired) electrons. The summed E-state index contributed by atoms with van der Waals surface area (Å²) < 4.78 is 60.6. The van der Waals surface area contributed by atoms with Crippen molar-refractivity contribution in [3.8, 4) is 11.3 Å². The molecular formula is C25H31FN4O5S2. The summed E-state index contributed by atoms with van der Waals surface area (Å²) in [6.45, 7) is 3.28. The number of halogens is 1. The summed E-state index contributed by atoms with van der Waals surface area (Å²) in [5, 5.41) is 3.05. The molecule has 2 aromatic heterocycles. The summed E-state index contributed by atoms with van der Waals surface area (Å²) >= 11 is 0. The van der Waals surface area contributed by atoms with Crippen molar-refractivity contribution in [1.29, 1.82) is 0 Å². The predicted molar refractivity (Wildman–Crippen MR) is 143 cm³/mol. The fourth-order valence-electron chi connectivity index (χ4n) is 4.46. The van der Waals surface area contributed by atoms with Crippen LogP contribution in [0, 0.1) is 5.82 Å². The Hall–Kier alpha value is -2.83. The molecule has 12 heteroatoms. The smallest absolute Gasteiger partial charge is 0.255 e. The number of sulfonamides is 1. The molecule has 1 aliphatic rings. The molecule has 3 heterocycles. The average molecular weight is 551 g/mol. The summed E-state index contributed by atoms with van der Waals surface area (Å²) in [4.78, 5) is 17.4. The van der Waals surface area contributed by atoms with Gasteiger partial charge in [-0.1, -0.05) is 6.92 Å². The van der Waals surface area contributed by atoms with Crippen LogP contribution in [-0.2, 0) is 27.4 Å². The average Bonchev–Trinajstić information content (AvgIpc) is 3.24. The molecule has 0 bridgehead atoms. The number of pyridine rings is 1. The van der Waals surface area contributed by atoms with Gasteiger partial charge in [0.1, 0.15) is 17.4 Å². The van der Waals surface area contributed by atoms with Crippen LogP contribution in [0.4, 0.5) is 10.2 Å². The Morgan fingerprint density at radius 3 is 2.62 bits per heavy atom. The highest BCUT2D eigenvalue weighted by Gasteiger charge is 2.28. The fourth-order valence-corrected chi connectivity index (χ4v) is 6.77. The number of aryl methyl sites for hydroxylation is 1. The lowest BCUT2D eigenvalue weighted by atomic mass is 10.0. The lowest BCUT2D eigenvalue weighted by Crippen LogP contribution is -2.37. The first kappa shape index (κ1) is 27.2. The minimum atomic E-state index is -3.70. The van der Waals surface area contributed by atoms with Crippen molar-refractivity contribution in [2.45, 2.75) is 32.6 Å². The SMILES string of the molecule is CCc1cc2c(C(=O)NC)c(-c3ccc(F)cc3)oc2nc1N(CCCN1CCCCS1=O)S(C)(=O)=O. The first-order chi connectivity index (χ1) is 17.6. The molecule has 37 heavy (non-hydrogen) atoms. The van der Waals surface area contributed by atoms with Gasteiger partial charge in [-0.15, -0.1) is 0 Å². The molecule has 1 aliphatic heterocycles. The van der Waals surface area contributed by atoms with E-state index in [9.17, 15) is 21.8 Å². The maximum absolute atomic E-state index is 13.5. The molecule has 1 amide bonds. The highest BCUT2D eigenvalue weighted by Crippen LogP contribution is 2.36. The normalized spacial score (nSPS) is 16.7. The largest absolute Gasteiger partial charge is 0.437 e. The third kappa shape index (κ3) is 5.86. The summed E-state index contributed by atoms with van der Waals surface area (Å²) in [5.74, 6) is 0.271. The van der Waals surface area contributed by atoms with Crippen molar-refractivity contribution in [3.05, 3.63) is 47.3 Å². The Morgan fingerprint density at radius 1 is 1.27 bits per heavy atom. The van der Waals surface area contributed by atoms with E-state index in [-0.39, 0.29) is 29.4 Å². The van der Waals surface area contributed by atoms with Crippen LogP contribution >= 0.6 is 0 Å². The molecule has 1 atom stereocenters. The Kier molecular flexibility index (Phi) is 8.29. The van der Waals surface area contributed by atoms with Gasteiger partial charge in [-0.2, -0.15) is 4.98 Å². The fraction of sp³-hybridized carbons (Fsp3) is 0.440. The minimum absolute atomic E-state index is 0.107. The van der Waals surface area contributed by atoms with E-state index >= 15 is 0 Å². The van der Waals surface area contributed by atoms with E-state index in [1.54, 1.807) is 6.07 Å². The molecule has 1 N–H and O–H groups in total. The number of hydrogen-bond donors (Lipinski definition) is 1. The van der Waals surface area contributed by atoms with Crippen molar-refractivity contribution in [2.75, 3.05) is 43.0 Å². The van der Waals surface area contributed by atoms with E-state index in [0.717, 1.165) is 25.6 Å². The molecule has 0 spiro atoms. The number of anilines is 1. The number of rotatable bonds is 9. The standard InChI is InChI=1S/C25H31FN4O5S2/c1-4-17-16-20-21(24(31)27-2)22(18-8-10-19(26)11-9-18)35-25(20)28-23(17)30(37(3,33)34)14-7-13-29-12-5-6-15-36(29)32/h8-11,16H,4-7,12-15H2,1-3H3,(H,27,31). The second kappa shape index (κ2) is 11.3. The van der Waals surface area contributed by atoms with Crippen molar-refractivity contribution >= 4 is 43.8 Å². The van der Waals surface area contributed by atoms with E-state index in [0.29, 0.717) is 41.7 Å². The number of nitrogens with one attached hydrogen (secondary N) is 1. The van der Waals surface area contributed by atoms with Crippen LogP contribution in [0.3, 0.4) is 0 Å². The number of furan rings is 1. The Labute approximate surface area is 218 Å². The lowest BCUT2D eigenvalue weighted by Gasteiger charge is -2.27. The van der Waals surface area contributed by atoms with Gasteiger partial charge in [0.15, 0.2) is 0 Å². The highest BCUT2D eigenvalue weighted by atomic mass is 32.2. The minimum Gasteiger partial charge on any atom is -0.437 e. The molecule has 1 fully saturated rings. The van der Waals surface area contributed by atoms with Gasteiger partial charge in [-0.05, 0) is 61.6 Å². The van der Waals surface area contributed by atoms with Crippen LogP contribution in [0.2, 0.25) is 0 Å². The molecule has 9 nitrogen and oxygen atoms in total. The summed E-state index contributed by atoms with van der Waals surface area (Å²) in [6.07, 6.45) is 3.97. The van der Waals surface area contributed by atoms with Crippen molar-refractivity contribution in [3.63, 3.8) is 0 Å². The summed E-state index contributed by atoms with van der Waals surface area (Å²) in [7, 11) is -3.24. The summed E-state index contributed by atoms with van der Waals surface area (Å²) in [6, 6.07) is 7.29. The first-order valence-corrected chi connectivity index (χ1v) is 15.3. The maximum Gasteiger partial charge on any atom is 0.255 e. The Balaban J connectivity index is 1.76. The zero-order valence-corrected chi connectivity index (χ0v) is 22.8. The van der Waals surface area contributed by atoms with Gasteiger partial charge in [0.25, 0.3) is 5.91 Å². The van der Waals surface area contributed by atoms with Crippen LogP contribution in [0.25, 0.3) is 22.4 Å².